The van der Waals surface area contributed by atoms with Gasteiger partial charge in [0.1, 0.15) is 12.4 Å². The van der Waals surface area contributed by atoms with Gasteiger partial charge in [-0.05, 0) is 24.0 Å². The van der Waals surface area contributed by atoms with Crippen molar-refractivity contribution in [3.8, 4) is 5.75 Å². The number of methoxy groups -OCH3 is 1. The van der Waals surface area contributed by atoms with Crippen molar-refractivity contribution < 1.29 is 9.47 Å². The van der Waals surface area contributed by atoms with Gasteiger partial charge < -0.3 is 15.2 Å². The first-order valence-corrected chi connectivity index (χ1v) is 8.09. The second kappa shape index (κ2) is 8.08. The fourth-order valence-corrected chi connectivity index (χ4v) is 2.84. The molecule has 2 rings (SSSR count). The van der Waals surface area contributed by atoms with Gasteiger partial charge >= 0.3 is 0 Å². The third kappa shape index (κ3) is 4.00. The van der Waals surface area contributed by atoms with Gasteiger partial charge in [-0.1, -0.05) is 36.4 Å². The molecule has 0 aliphatic carbocycles. The van der Waals surface area contributed by atoms with Crippen LogP contribution in [0.3, 0.4) is 0 Å². The van der Waals surface area contributed by atoms with Crippen LogP contribution in [0.25, 0.3) is 0 Å². The Bertz CT molecular complexity index is 574. The van der Waals surface area contributed by atoms with Gasteiger partial charge in [-0.2, -0.15) is 0 Å². The van der Waals surface area contributed by atoms with Crippen LogP contribution in [0.5, 0.6) is 5.75 Å². The number of hydrogen-bond donors (Lipinski definition) is 1. The quantitative estimate of drug-likeness (QED) is 0.628. The maximum absolute atomic E-state index is 6.47. The summed E-state index contributed by atoms with van der Waals surface area (Å²) >= 11 is 1.70. The molecule has 2 N–H and O–H groups in total. The van der Waals surface area contributed by atoms with Gasteiger partial charge in [0.2, 0.25) is 0 Å². The number of rotatable bonds is 7. The SMILES string of the molecule is COCCOc1ccccc1C(N)c1ccccc1SC. The predicted molar refractivity (Wildman–Crippen MR) is 88.1 cm³/mol. The third-order valence-corrected chi connectivity index (χ3v) is 4.08. The second-order valence-electron chi connectivity index (χ2n) is 4.60. The summed E-state index contributed by atoms with van der Waals surface area (Å²) in [6.45, 7) is 1.08. The lowest BCUT2D eigenvalue weighted by molar-refractivity contribution is 0.145. The van der Waals surface area contributed by atoms with E-state index in [2.05, 4.69) is 18.4 Å². The van der Waals surface area contributed by atoms with Crippen molar-refractivity contribution in [1.82, 2.24) is 0 Å². The molecule has 21 heavy (non-hydrogen) atoms. The zero-order valence-electron chi connectivity index (χ0n) is 12.4. The molecule has 2 aromatic rings. The van der Waals surface area contributed by atoms with Crippen molar-refractivity contribution in [3.05, 3.63) is 59.7 Å². The van der Waals surface area contributed by atoms with Crippen molar-refractivity contribution in [3.63, 3.8) is 0 Å². The molecule has 0 bridgehead atoms. The molecule has 0 amide bonds. The van der Waals surface area contributed by atoms with Crippen molar-refractivity contribution in [2.45, 2.75) is 10.9 Å². The molecular weight excluding hydrogens is 282 g/mol. The summed E-state index contributed by atoms with van der Waals surface area (Å²) in [5.74, 6) is 0.818. The summed E-state index contributed by atoms with van der Waals surface area (Å²) in [4.78, 5) is 1.19. The average Bonchev–Trinajstić information content (AvgIpc) is 2.55. The highest BCUT2D eigenvalue weighted by Crippen LogP contribution is 2.32. The highest BCUT2D eigenvalue weighted by atomic mass is 32.2. The second-order valence-corrected chi connectivity index (χ2v) is 5.45. The minimum absolute atomic E-state index is 0.201. The van der Waals surface area contributed by atoms with E-state index < -0.39 is 0 Å². The maximum atomic E-state index is 6.47. The maximum Gasteiger partial charge on any atom is 0.124 e. The Balaban J connectivity index is 2.28. The van der Waals surface area contributed by atoms with Crippen LogP contribution in [-0.4, -0.2) is 26.6 Å². The Morgan fingerprint density at radius 2 is 1.67 bits per heavy atom. The summed E-state index contributed by atoms with van der Waals surface area (Å²) < 4.78 is 10.8. The van der Waals surface area contributed by atoms with Crippen molar-refractivity contribution >= 4 is 11.8 Å². The summed E-state index contributed by atoms with van der Waals surface area (Å²) in [6, 6.07) is 15.9. The number of nitrogens with two attached hydrogens (primary N) is 1. The average molecular weight is 303 g/mol. The molecule has 4 heteroatoms. The highest BCUT2D eigenvalue weighted by Gasteiger charge is 2.16. The molecule has 0 heterocycles. The lowest BCUT2D eigenvalue weighted by Gasteiger charge is -2.19. The van der Waals surface area contributed by atoms with Crippen LogP contribution in [0.2, 0.25) is 0 Å². The van der Waals surface area contributed by atoms with E-state index in [-0.39, 0.29) is 6.04 Å². The molecule has 0 aliphatic heterocycles. The zero-order chi connectivity index (χ0) is 15.1. The van der Waals surface area contributed by atoms with Crippen molar-refractivity contribution in [2.75, 3.05) is 26.6 Å². The molecule has 0 aliphatic rings. The van der Waals surface area contributed by atoms with Gasteiger partial charge in [0.25, 0.3) is 0 Å². The smallest absolute Gasteiger partial charge is 0.124 e. The molecule has 112 valence electrons. The molecule has 3 nitrogen and oxygen atoms in total. The fraction of sp³-hybridized carbons (Fsp3) is 0.294. The molecule has 1 unspecified atom stereocenters. The molecule has 0 spiro atoms. The van der Waals surface area contributed by atoms with Crippen LogP contribution in [0.15, 0.2) is 53.4 Å². The molecule has 0 radical (unpaired) electrons. The first-order chi connectivity index (χ1) is 10.3. The Morgan fingerprint density at radius 1 is 1.00 bits per heavy atom. The van der Waals surface area contributed by atoms with Gasteiger partial charge in [-0.3, -0.25) is 0 Å². The van der Waals surface area contributed by atoms with Crippen LogP contribution in [0, 0.1) is 0 Å². The Kier molecular flexibility index (Phi) is 6.11. The van der Waals surface area contributed by atoms with E-state index in [1.54, 1.807) is 18.9 Å². The van der Waals surface area contributed by atoms with E-state index in [0.717, 1.165) is 16.9 Å². The fourth-order valence-electron chi connectivity index (χ4n) is 2.19. The van der Waals surface area contributed by atoms with Crippen LogP contribution in [-0.2, 0) is 4.74 Å². The zero-order valence-corrected chi connectivity index (χ0v) is 13.2. The monoisotopic (exact) mass is 303 g/mol. The minimum atomic E-state index is -0.201. The van der Waals surface area contributed by atoms with Gasteiger partial charge in [0.05, 0.1) is 12.6 Å². The van der Waals surface area contributed by atoms with Gasteiger partial charge in [0.15, 0.2) is 0 Å². The summed E-state index contributed by atoms with van der Waals surface area (Å²) in [6.07, 6.45) is 2.06. The Hall–Kier alpha value is -1.49. The summed E-state index contributed by atoms with van der Waals surface area (Å²) in [7, 11) is 1.66. The lowest BCUT2D eigenvalue weighted by atomic mass is 9.99. The standard InChI is InChI=1S/C17H21NO2S/c1-19-11-12-20-15-9-5-3-7-13(15)17(18)14-8-4-6-10-16(14)21-2/h3-10,17H,11-12,18H2,1-2H3. The van der Waals surface area contributed by atoms with E-state index in [1.807, 2.05) is 36.4 Å². The number of para-hydroxylation sites is 1. The van der Waals surface area contributed by atoms with Crippen molar-refractivity contribution in [2.24, 2.45) is 5.73 Å². The molecule has 0 saturated heterocycles. The summed E-state index contributed by atoms with van der Waals surface area (Å²) in [5, 5.41) is 0. The van der Waals surface area contributed by atoms with E-state index in [4.69, 9.17) is 15.2 Å². The van der Waals surface area contributed by atoms with E-state index >= 15 is 0 Å². The summed E-state index contributed by atoms with van der Waals surface area (Å²) in [5.41, 5.74) is 8.59. The minimum Gasteiger partial charge on any atom is -0.491 e. The molecule has 1 atom stereocenters. The van der Waals surface area contributed by atoms with Gasteiger partial charge in [-0.25, -0.2) is 0 Å². The van der Waals surface area contributed by atoms with Gasteiger partial charge in [-0.15, -0.1) is 11.8 Å². The molecule has 0 fully saturated rings. The van der Waals surface area contributed by atoms with Crippen LogP contribution >= 0.6 is 11.8 Å². The topological polar surface area (TPSA) is 44.5 Å². The first kappa shape index (κ1) is 15.9. The van der Waals surface area contributed by atoms with Crippen LogP contribution in [0.1, 0.15) is 17.2 Å². The molecule has 0 saturated carbocycles. The normalized spacial score (nSPS) is 12.1. The van der Waals surface area contributed by atoms with Crippen LogP contribution < -0.4 is 10.5 Å². The Labute approximate surface area is 130 Å². The number of ether oxygens (including phenoxy) is 2. The number of benzene rings is 2. The number of thioether (sulfide) groups is 1. The molecule has 0 aromatic heterocycles. The number of hydrogen-bond acceptors (Lipinski definition) is 4. The van der Waals surface area contributed by atoms with E-state index in [0.29, 0.717) is 13.2 Å². The first-order valence-electron chi connectivity index (χ1n) is 6.87. The Morgan fingerprint density at radius 3 is 2.38 bits per heavy atom. The van der Waals surface area contributed by atoms with E-state index in [9.17, 15) is 0 Å². The highest BCUT2D eigenvalue weighted by molar-refractivity contribution is 7.98. The predicted octanol–water partition coefficient (Wildman–Crippen LogP) is 3.48. The lowest BCUT2D eigenvalue weighted by Crippen LogP contribution is -2.15. The van der Waals surface area contributed by atoms with Crippen LogP contribution in [0.4, 0.5) is 0 Å². The van der Waals surface area contributed by atoms with Crippen molar-refractivity contribution in [1.29, 1.82) is 0 Å². The largest absolute Gasteiger partial charge is 0.491 e. The molecular formula is C17H21NO2S. The van der Waals surface area contributed by atoms with E-state index in [1.165, 1.54) is 4.90 Å². The third-order valence-electron chi connectivity index (χ3n) is 3.27. The van der Waals surface area contributed by atoms with Gasteiger partial charge in [0, 0.05) is 17.6 Å². The molecule has 2 aromatic carbocycles.